The molecule has 0 aliphatic rings. The lowest BCUT2D eigenvalue weighted by atomic mass is 10.2. The lowest BCUT2D eigenvalue weighted by Crippen LogP contribution is -2.13. The Balaban J connectivity index is 1.87. The SMILES string of the molecule is CCCc1noc(CCC(=O)Nc2ccc(SC(C)CC)cc2C)n1. The van der Waals surface area contributed by atoms with Crippen LogP contribution in [0.2, 0.25) is 0 Å². The lowest BCUT2D eigenvalue weighted by molar-refractivity contribution is -0.116. The van der Waals surface area contributed by atoms with E-state index in [0.29, 0.717) is 29.8 Å². The highest BCUT2D eigenvalue weighted by Gasteiger charge is 2.11. The molecule has 1 atom stereocenters. The summed E-state index contributed by atoms with van der Waals surface area (Å²) < 4.78 is 5.16. The van der Waals surface area contributed by atoms with Gasteiger partial charge in [0, 0.05) is 35.1 Å². The maximum Gasteiger partial charge on any atom is 0.227 e. The maximum atomic E-state index is 12.2. The molecule has 1 amide bonds. The molecule has 136 valence electrons. The lowest BCUT2D eigenvalue weighted by Gasteiger charge is -2.12. The number of nitrogens with one attached hydrogen (secondary N) is 1. The number of carbonyl (C=O) groups excluding carboxylic acids is 1. The van der Waals surface area contributed by atoms with Crippen molar-refractivity contribution in [1.29, 1.82) is 0 Å². The Labute approximate surface area is 154 Å². The van der Waals surface area contributed by atoms with E-state index >= 15 is 0 Å². The molecular formula is C19H27N3O2S. The van der Waals surface area contributed by atoms with E-state index in [1.165, 1.54) is 4.90 Å². The van der Waals surface area contributed by atoms with E-state index in [1.54, 1.807) is 0 Å². The minimum absolute atomic E-state index is 0.0410. The highest BCUT2D eigenvalue weighted by atomic mass is 32.2. The number of anilines is 1. The molecule has 0 saturated heterocycles. The van der Waals surface area contributed by atoms with Crippen molar-refractivity contribution in [3.63, 3.8) is 0 Å². The van der Waals surface area contributed by atoms with Crippen LogP contribution < -0.4 is 5.32 Å². The Morgan fingerprint density at radius 2 is 2.12 bits per heavy atom. The molecule has 0 spiro atoms. The first-order valence-electron chi connectivity index (χ1n) is 8.90. The fraction of sp³-hybridized carbons (Fsp3) is 0.526. The molecule has 0 bridgehead atoms. The molecule has 2 aromatic rings. The maximum absolute atomic E-state index is 12.2. The fourth-order valence-corrected chi connectivity index (χ4v) is 3.34. The molecule has 6 heteroatoms. The molecule has 1 aromatic heterocycles. The van der Waals surface area contributed by atoms with Crippen molar-refractivity contribution < 1.29 is 9.32 Å². The van der Waals surface area contributed by atoms with E-state index in [4.69, 9.17) is 4.52 Å². The van der Waals surface area contributed by atoms with Gasteiger partial charge >= 0.3 is 0 Å². The molecule has 1 aromatic carbocycles. The van der Waals surface area contributed by atoms with E-state index in [-0.39, 0.29) is 5.91 Å². The van der Waals surface area contributed by atoms with Crippen molar-refractivity contribution in [2.45, 2.75) is 69.9 Å². The smallest absolute Gasteiger partial charge is 0.227 e. The van der Waals surface area contributed by atoms with Gasteiger partial charge in [-0.3, -0.25) is 4.79 Å². The van der Waals surface area contributed by atoms with Crippen molar-refractivity contribution in [3.05, 3.63) is 35.5 Å². The molecular weight excluding hydrogens is 334 g/mol. The van der Waals surface area contributed by atoms with Crippen LogP contribution >= 0.6 is 11.8 Å². The molecule has 0 aliphatic heterocycles. The van der Waals surface area contributed by atoms with E-state index in [1.807, 2.05) is 24.8 Å². The average Bonchev–Trinajstić information content (AvgIpc) is 3.03. The van der Waals surface area contributed by atoms with Crippen molar-refractivity contribution in [2.75, 3.05) is 5.32 Å². The molecule has 1 N–H and O–H groups in total. The van der Waals surface area contributed by atoms with Gasteiger partial charge < -0.3 is 9.84 Å². The van der Waals surface area contributed by atoms with Crippen LogP contribution in [-0.4, -0.2) is 21.3 Å². The molecule has 1 unspecified atom stereocenters. The van der Waals surface area contributed by atoms with Crippen molar-refractivity contribution in [1.82, 2.24) is 10.1 Å². The van der Waals surface area contributed by atoms with Crippen LogP contribution in [0, 0.1) is 6.92 Å². The molecule has 25 heavy (non-hydrogen) atoms. The second kappa shape index (κ2) is 9.61. The second-order valence-corrected chi connectivity index (χ2v) is 7.73. The molecule has 0 radical (unpaired) electrons. The number of amides is 1. The summed E-state index contributed by atoms with van der Waals surface area (Å²) in [7, 11) is 0. The summed E-state index contributed by atoms with van der Waals surface area (Å²) in [6, 6.07) is 6.17. The predicted octanol–water partition coefficient (Wildman–Crippen LogP) is 4.79. The molecule has 2 rings (SSSR count). The summed E-state index contributed by atoms with van der Waals surface area (Å²) in [4.78, 5) is 17.7. The first kappa shape index (κ1) is 19.5. The number of rotatable bonds is 9. The van der Waals surface area contributed by atoms with E-state index in [9.17, 15) is 4.79 Å². The van der Waals surface area contributed by atoms with Gasteiger partial charge in [0.2, 0.25) is 11.8 Å². The summed E-state index contributed by atoms with van der Waals surface area (Å²) in [6.45, 7) is 8.50. The Kier molecular flexibility index (Phi) is 7.50. The number of aromatic nitrogens is 2. The second-order valence-electron chi connectivity index (χ2n) is 6.22. The molecule has 0 fully saturated rings. The summed E-state index contributed by atoms with van der Waals surface area (Å²) >= 11 is 1.86. The predicted molar refractivity (Wildman–Crippen MR) is 102 cm³/mol. The van der Waals surface area contributed by atoms with Gasteiger partial charge in [0.1, 0.15) is 0 Å². The van der Waals surface area contributed by atoms with Gasteiger partial charge in [-0.05, 0) is 43.5 Å². The van der Waals surface area contributed by atoms with Crippen LogP contribution in [0.25, 0.3) is 0 Å². The molecule has 5 nitrogen and oxygen atoms in total. The number of hydrogen-bond acceptors (Lipinski definition) is 5. The first-order valence-corrected chi connectivity index (χ1v) is 9.78. The highest BCUT2D eigenvalue weighted by Crippen LogP contribution is 2.28. The Morgan fingerprint density at radius 1 is 1.32 bits per heavy atom. The monoisotopic (exact) mass is 361 g/mol. The number of aryl methyl sites for hydroxylation is 3. The Morgan fingerprint density at radius 3 is 2.80 bits per heavy atom. The third-order valence-corrected chi connectivity index (χ3v) is 5.20. The van der Waals surface area contributed by atoms with E-state index < -0.39 is 0 Å². The fourth-order valence-electron chi connectivity index (χ4n) is 2.32. The average molecular weight is 362 g/mol. The van der Waals surface area contributed by atoms with Crippen molar-refractivity contribution >= 4 is 23.4 Å². The normalized spacial score (nSPS) is 12.2. The minimum Gasteiger partial charge on any atom is -0.339 e. The number of thioether (sulfide) groups is 1. The van der Waals surface area contributed by atoms with Crippen molar-refractivity contribution in [2.24, 2.45) is 0 Å². The quantitative estimate of drug-likeness (QED) is 0.650. The van der Waals surface area contributed by atoms with Crippen LogP contribution in [0.3, 0.4) is 0 Å². The van der Waals surface area contributed by atoms with Gasteiger partial charge in [-0.1, -0.05) is 25.9 Å². The van der Waals surface area contributed by atoms with Gasteiger partial charge in [0.25, 0.3) is 0 Å². The molecule has 0 aliphatic carbocycles. The van der Waals surface area contributed by atoms with Crippen LogP contribution in [0.1, 0.15) is 57.3 Å². The highest BCUT2D eigenvalue weighted by molar-refractivity contribution is 7.99. The minimum atomic E-state index is -0.0410. The Hall–Kier alpha value is -1.82. The standard InChI is InChI=1S/C19H27N3O2S/c1-5-7-17-21-19(24-22-17)11-10-18(23)20-16-9-8-15(12-13(16)3)25-14(4)6-2/h8-9,12,14H,5-7,10-11H2,1-4H3,(H,20,23). The number of nitrogens with zero attached hydrogens (tertiary/aromatic N) is 2. The topological polar surface area (TPSA) is 68.0 Å². The van der Waals surface area contributed by atoms with E-state index in [0.717, 1.165) is 30.5 Å². The van der Waals surface area contributed by atoms with Gasteiger partial charge in [-0.2, -0.15) is 4.98 Å². The third-order valence-electron chi connectivity index (χ3n) is 3.93. The van der Waals surface area contributed by atoms with Gasteiger partial charge in [0.15, 0.2) is 5.82 Å². The zero-order valence-corrected chi connectivity index (χ0v) is 16.3. The zero-order valence-electron chi connectivity index (χ0n) is 15.5. The van der Waals surface area contributed by atoms with Crippen LogP contribution in [0.4, 0.5) is 5.69 Å². The van der Waals surface area contributed by atoms with Crippen LogP contribution in [0.5, 0.6) is 0 Å². The van der Waals surface area contributed by atoms with Gasteiger partial charge in [-0.25, -0.2) is 0 Å². The summed E-state index contributed by atoms with van der Waals surface area (Å²) in [5.41, 5.74) is 1.93. The van der Waals surface area contributed by atoms with E-state index in [2.05, 4.69) is 48.4 Å². The Bertz CT molecular complexity index is 700. The molecule has 0 saturated carbocycles. The number of benzene rings is 1. The first-order chi connectivity index (χ1) is 12.0. The molecule has 1 heterocycles. The van der Waals surface area contributed by atoms with Crippen LogP contribution in [-0.2, 0) is 17.6 Å². The van der Waals surface area contributed by atoms with Gasteiger partial charge in [-0.15, -0.1) is 11.8 Å². The number of carbonyl (C=O) groups is 1. The summed E-state index contributed by atoms with van der Waals surface area (Å²) in [5.74, 6) is 1.19. The largest absolute Gasteiger partial charge is 0.339 e. The number of hydrogen-bond donors (Lipinski definition) is 1. The summed E-state index contributed by atoms with van der Waals surface area (Å²) in [6.07, 6.45) is 3.71. The third kappa shape index (κ3) is 6.20. The van der Waals surface area contributed by atoms with Crippen molar-refractivity contribution in [3.8, 4) is 0 Å². The van der Waals surface area contributed by atoms with Crippen LogP contribution in [0.15, 0.2) is 27.6 Å². The zero-order chi connectivity index (χ0) is 18.2. The van der Waals surface area contributed by atoms with Gasteiger partial charge in [0.05, 0.1) is 0 Å². The summed E-state index contributed by atoms with van der Waals surface area (Å²) in [5, 5.41) is 7.46.